The van der Waals surface area contributed by atoms with Crippen LogP contribution in [0.25, 0.3) is 10.9 Å². The summed E-state index contributed by atoms with van der Waals surface area (Å²) in [7, 11) is 3.94. The van der Waals surface area contributed by atoms with Crippen LogP contribution in [0.15, 0.2) is 42.5 Å². The number of nitro benzene ring substituents is 1. The van der Waals surface area contributed by atoms with Crippen molar-refractivity contribution in [1.82, 2.24) is 15.3 Å². The van der Waals surface area contributed by atoms with Gasteiger partial charge in [0.2, 0.25) is 5.95 Å². The van der Waals surface area contributed by atoms with Gasteiger partial charge in [0, 0.05) is 38.1 Å². The molecule has 0 unspecified atom stereocenters. The van der Waals surface area contributed by atoms with Crippen molar-refractivity contribution >= 4 is 45.9 Å². The van der Waals surface area contributed by atoms with Gasteiger partial charge in [-0.3, -0.25) is 14.9 Å². The number of rotatable bonds is 7. The summed E-state index contributed by atoms with van der Waals surface area (Å²) in [6.45, 7) is 0.502. The fourth-order valence-corrected chi connectivity index (χ4v) is 4.61. The van der Waals surface area contributed by atoms with Crippen LogP contribution in [0.2, 0.25) is 5.02 Å². The zero-order chi connectivity index (χ0) is 24.2. The minimum atomic E-state index is -0.589. The van der Waals surface area contributed by atoms with E-state index in [1.165, 1.54) is 18.2 Å². The van der Waals surface area contributed by atoms with Gasteiger partial charge in [0.05, 0.1) is 16.0 Å². The largest absolute Gasteiger partial charge is 0.362 e. The quantitative estimate of drug-likeness (QED) is 0.372. The molecular weight excluding hydrogens is 456 g/mol. The SMILES string of the molecule is CN(C)c1nc(N[C@H]2CC[C@@H](CNC(=O)c3cccc([N+](=O)[O-])c3Cl)CC2)nc2ccccc12. The van der Waals surface area contributed by atoms with Crippen LogP contribution >= 0.6 is 11.6 Å². The predicted octanol–water partition coefficient (Wildman–Crippen LogP) is 4.66. The Balaban J connectivity index is 1.33. The van der Waals surface area contributed by atoms with Crippen LogP contribution in [0, 0.1) is 16.0 Å². The number of carbonyl (C=O) groups excluding carboxylic acids is 1. The molecule has 0 atom stereocenters. The molecule has 1 aliphatic rings. The molecule has 10 heteroatoms. The van der Waals surface area contributed by atoms with Crippen molar-refractivity contribution in [2.45, 2.75) is 31.7 Å². The molecule has 0 radical (unpaired) electrons. The number of nitrogens with zero attached hydrogens (tertiary/aromatic N) is 4. The summed E-state index contributed by atoms with van der Waals surface area (Å²) in [4.78, 5) is 34.4. The van der Waals surface area contributed by atoms with E-state index in [1.54, 1.807) is 0 Å². The summed E-state index contributed by atoms with van der Waals surface area (Å²) in [5.74, 6) is 1.44. The Labute approximate surface area is 202 Å². The molecule has 1 fully saturated rings. The highest BCUT2D eigenvalue weighted by Crippen LogP contribution is 2.30. The number of carbonyl (C=O) groups is 1. The molecule has 1 saturated carbocycles. The van der Waals surface area contributed by atoms with Crippen molar-refractivity contribution in [3.63, 3.8) is 0 Å². The second-order valence-corrected chi connectivity index (χ2v) is 9.13. The number of hydrogen-bond donors (Lipinski definition) is 2. The van der Waals surface area contributed by atoms with Crippen LogP contribution in [0.3, 0.4) is 0 Å². The number of hydrogen-bond acceptors (Lipinski definition) is 7. The van der Waals surface area contributed by atoms with E-state index in [1.807, 2.05) is 43.3 Å². The predicted molar refractivity (Wildman–Crippen MR) is 134 cm³/mol. The Morgan fingerprint density at radius 1 is 1.12 bits per heavy atom. The number of nitrogens with one attached hydrogen (secondary N) is 2. The van der Waals surface area contributed by atoms with E-state index < -0.39 is 10.8 Å². The first kappa shape index (κ1) is 23.7. The Kier molecular flexibility index (Phi) is 7.12. The fourth-order valence-electron chi connectivity index (χ4n) is 4.33. The van der Waals surface area contributed by atoms with E-state index >= 15 is 0 Å². The number of aromatic nitrogens is 2. The number of para-hydroxylation sites is 1. The van der Waals surface area contributed by atoms with Gasteiger partial charge in [-0.1, -0.05) is 29.8 Å². The van der Waals surface area contributed by atoms with Gasteiger partial charge in [0.15, 0.2) is 0 Å². The molecule has 4 rings (SSSR count). The molecule has 0 spiro atoms. The zero-order valence-corrected chi connectivity index (χ0v) is 19.9. The third-order valence-electron chi connectivity index (χ3n) is 6.16. The Hall–Kier alpha value is -3.46. The van der Waals surface area contributed by atoms with E-state index in [9.17, 15) is 14.9 Å². The van der Waals surface area contributed by atoms with E-state index in [0.29, 0.717) is 18.4 Å². The van der Waals surface area contributed by atoms with Crippen LogP contribution in [-0.4, -0.2) is 47.5 Å². The first-order chi connectivity index (χ1) is 16.3. The number of benzene rings is 2. The normalized spacial score (nSPS) is 17.9. The van der Waals surface area contributed by atoms with Crippen molar-refractivity contribution in [2.75, 3.05) is 30.9 Å². The first-order valence-corrected chi connectivity index (χ1v) is 11.6. The lowest BCUT2D eigenvalue weighted by Gasteiger charge is -2.29. The summed E-state index contributed by atoms with van der Waals surface area (Å²) in [6, 6.07) is 12.5. The Bertz CT molecular complexity index is 1210. The number of amides is 1. The lowest BCUT2D eigenvalue weighted by atomic mass is 9.86. The molecule has 0 bridgehead atoms. The van der Waals surface area contributed by atoms with Crippen LogP contribution in [0.4, 0.5) is 17.5 Å². The second kappa shape index (κ2) is 10.2. The van der Waals surface area contributed by atoms with Gasteiger partial charge in [-0.2, -0.15) is 4.98 Å². The standard InChI is InChI=1S/C24H27ClN6O3/c1-30(2)22-17-6-3-4-8-19(17)28-24(29-22)27-16-12-10-15(11-13-16)14-26-23(32)18-7-5-9-20(21(18)25)31(33)34/h3-9,15-16H,10-14H2,1-2H3,(H,26,32)(H,27,28,29)/t15-,16+. The molecule has 178 valence electrons. The van der Waals surface area contributed by atoms with Crippen LogP contribution in [0.5, 0.6) is 0 Å². The fraction of sp³-hybridized carbons (Fsp3) is 0.375. The average Bonchev–Trinajstić information content (AvgIpc) is 2.82. The molecule has 0 aliphatic heterocycles. The lowest BCUT2D eigenvalue weighted by molar-refractivity contribution is -0.384. The summed E-state index contributed by atoms with van der Waals surface area (Å²) in [5.41, 5.74) is 0.755. The van der Waals surface area contributed by atoms with Gasteiger partial charge in [-0.15, -0.1) is 0 Å². The van der Waals surface area contributed by atoms with Gasteiger partial charge in [0.25, 0.3) is 11.6 Å². The van der Waals surface area contributed by atoms with Gasteiger partial charge in [0.1, 0.15) is 10.8 Å². The lowest BCUT2D eigenvalue weighted by Crippen LogP contribution is -2.34. The molecule has 1 aliphatic carbocycles. The molecule has 9 nitrogen and oxygen atoms in total. The maximum absolute atomic E-state index is 12.5. The van der Waals surface area contributed by atoms with Gasteiger partial charge in [-0.25, -0.2) is 4.98 Å². The van der Waals surface area contributed by atoms with Crippen molar-refractivity contribution in [3.05, 3.63) is 63.2 Å². The average molecular weight is 483 g/mol. The summed E-state index contributed by atoms with van der Waals surface area (Å²) < 4.78 is 0. The van der Waals surface area contributed by atoms with Crippen molar-refractivity contribution in [3.8, 4) is 0 Å². The number of anilines is 2. The van der Waals surface area contributed by atoms with Crippen molar-refractivity contribution in [1.29, 1.82) is 0 Å². The second-order valence-electron chi connectivity index (χ2n) is 8.75. The van der Waals surface area contributed by atoms with E-state index in [2.05, 4.69) is 15.6 Å². The highest BCUT2D eigenvalue weighted by Gasteiger charge is 2.24. The zero-order valence-electron chi connectivity index (χ0n) is 19.1. The summed E-state index contributed by atoms with van der Waals surface area (Å²) in [5, 5.41) is 18.3. The van der Waals surface area contributed by atoms with E-state index in [0.717, 1.165) is 42.4 Å². The Morgan fingerprint density at radius 3 is 2.56 bits per heavy atom. The van der Waals surface area contributed by atoms with Gasteiger partial charge in [-0.05, 0) is 49.8 Å². The van der Waals surface area contributed by atoms with Crippen LogP contribution in [-0.2, 0) is 0 Å². The highest BCUT2D eigenvalue weighted by atomic mass is 35.5. The highest BCUT2D eigenvalue weighted by molar-refractivity contribution is 6.35. The topological polar surface area (TPSA) is 113 Å². The number of fused-ring (bicyclic) bond motifs is 1. The minimum Gasteiger partial charge on any atom is -0.362 e. The molecule has 0 saturated heterocycles. The van der Waals surface area contributed by atoms with Crippen LogP contribution in [0.1, 0.15) is 36.0 Å². The van der Waals surface area contributed by atoms with Crippen molar-refractivity contribution in [2.24, 2.45) is 5.92 Å². The summed E-state index contributed by atoms with van der Waals surface area (Å²) >= 11 is 6.06. The number of nitro groups is 1. The van der Waals surface area contributed by atoms with E-state index in [-0.39, 0.29) is 22.3 Å². The Morgan fingerprint density at radius 2 is 1.85 bits per heavy atom. The monoisotopic (exact) mass is 482 g/mol. The third kappa shape index (κ3) is 5.20. The molecule has 2 aromatic carbocycles. The molecule has 1 aromatic heterocycles. The molecule has 1 heterocycles. The molecule has 3 aromatic rings. The third-order valence-corrected chi connectivity index (χ3v) is 6.55. The molecular formula is C24H27ClN6O3. The van der Waals surface area contributed by atoms with Crippen LogP contribution < -0.4 is 15.5 Å². The maximum Gasteiger partial charge on any atom is 0.288 e. The minimum absolute atomic E-state index is 0.122. The first-order valence-electron chi connectivity index (χ1n) is 11.2. The van der Waals surface area contributed by atoms with Gasteiger partial charge >= 0.3 is 0 Å². The molecule has 34 heavy (non-hydrogen) atoms. The summed E-state index contributed by atoms with van der Waals surface area (Å²) in [6.07, 6.45) is 3.75. The maximum atomic E-state index is 12.5. The van der Waals surface area contributed by atoms with Gasteiger partial charge < -0.3 is 15.5 Å². The van der Waals surface area contributed by atoms with Crippen molar-refractivity contribution < 1.29 is 9.72 Å². The molecule has 2 N–H and O–H groups in total. The molecule has 1 amide bonds. The smallest absolute Gasteiger partial charge is 0.288 e. The number of halogens is 1. The van der Waals surface area contributed by atoms with E-state index in [4.69, 9.17) is 16.6 Å².